The number of hydrogen-bond donors (Lipinski definition) is 2. The topological polar surface area (TPSA) is 83.6 Å². The van der Waals surface area contributed by atoms with E-state index in [9.17, 15) is 4.79 Å². The van der Waals surface area contributed by atoms with E-state index in [1.807, 2.05) is 48.5 Å². The summed E-state index contributed by atoms with van der Waals surface area (Å²) in [5, 5.41) is 3.00. The third-order valence-electron chi connectivity index (χ3n) is 4.93. The van der Waals surface area contributed by atoms with E-state index in [1.165, 1.54) is 6.33 Å². The average molecular weight is 355 g/mol. The monoisotopic (exact) mass is 355 g/mol. The summed E-state index contributed by atoms with van der Waals surface area (Å²) in [5.74, 6) is 1.07. The van der Waals surface area contributed by atoms with E-state index in [2.05, 4.69) is 25.3 Å². The molecule has 1 amide bonds. The molecule has 0 unspecified atom stereocenters. The summed E-state index contributed by atoms with van der Waals surface area (Å²) >= 11 is 0. The molecule has 6 heteroatoms. The molecule has 1 aliphatic carbocycles. The second-order valence-corrected chi connectivity index (χ2v) is 6.78. The van der Waals surface area contributed by atoms with Crippen LogP contribution in [0.3, 0.4) is 0 Å². The Hall–Kier alpha value is -3.54. The van der Waals surface area contributed by atoms with Crippen LogP contribution in [0, 0.1) is 5.92 Å². The molecule has 0 aliphatic heterocycles. The number of nitrogens with one attached hydrogen (secondary N) is 2. The minimum atomic E-state index is -0.0345. The van der Waals surface area contributed by atoms with Crippen molar-refractivity contribution in [3.05, 3.63) is 73.1 Å². The second-order valence-electron chi connectivity index (χ2n) is 6.78. The van der Waals surface area contributed by atoms with Gasteiger partial charge in [-0.2, -0.15) is 0 Å². The van der Waals surface area contributed by atoms with Crippen LogP contribution in [0.25, 0.3) is 22.2 Å². The SMILES string of the molecule is O=C(Nc1ccc(-c2cncnc2)cc1)[C@@H]1C[C@H]1c1nc2ccccc2[nH]1. The third-order valence-corrected chi connectivity index (χ3v) is 4.93. The number of nitrogens with zero attached hydrogens (tertiary/aromatic N) is 3. The fourth-order valence-corrected chi connectivity index (χ4v) is 3.36. The first-order valence-corrected chi connectivity index (χ1v) is 8.89. The summed E-state index contributed by atoms with van der Waals surface area (Å²) < 4.78 is 0. The van der Waals surface area contributed by atoms with Gasteiger partial charge >= 0.3 is 0 Å². The average Bonchev–Trinajstić information content (AvgIpc) is 3.41. The number of H-pyrrole nitrogens is 1. The number of fused-ring (bicyclic) bond motifs is 1. The van der Waals surface area contributed by atoms with Crippen molar-refractivity contribution in [1.82, 2.24) is 19.9 Å². The molecule has 2 N–H and O–H groups in total. The number of carbonyl (C=O) groups is 1. The number of rotatable bonds is 4. The first kappa shape index (κ1) is 15.7. The van der Waals surface area contributed by atoms with Gasteiger partial charge in [0.25, 0.3) is 0 Å². The molecule has 1 aliphatic rings. The van der Waals surface area contributed by atoms with Crippen LogP contribution in [-0.4, -0.2) is 25.8 Å². The van der Waals surface area contributed by atoms with Crippen molar-refractivity contribution in [3.8, 4) is 11.1 Å². The minimum Gasteiger partial charge on any atom is -0.342 e. The minimum absolute atomic E-state index is 0.0345. The molecule has 0 radical (unpaired) electrons. The number of anilines is 1. The summed E-state index contributed by atoms with van der Waals surface area (Å²) in [6.07, 6.45) is 5.86. The van der Waals surface area contributed by atoms with Gasteiger partial charge in [0.2, 0.25) is 5.91 Å². The third kappa shape index (κ3) is 3.06. The smallest absolute Gasteiger partial charge is 0.228 e. The Kier molecular flexibility index (Phi) is 3.67. The molecule has 2 aromatic carbocycles. The summed E-state index contributed by atoms with van der Waals surface area (Å²) in [6, 6.07) is 15.6. The van der Waals surface area contributed by atoms with Gasteiger partial charge < -0.3 is 10.3 Å². The van der Waals surface area contributed by atoms with Crippen LogP contribution in [0.5, 0.6) is 0 Å². The zero-order valence-corrected chi connectivity index (χ0v) is 14.5. The Balaban J connectivity index is 1.26. The van der Waals surface area contributed by atoms with Crippen LogP contribution in [0.2, 0.25) is 0 Å². The van der Waals surface area contributed by atoms with Crippen LogP contribution in [0.4, 0.5) is 5.69 Å². The highest BCUT2D eigenvalue weighted by Crippen LogP contribution is 2.47. The van der Waals surface area contributed by atoms with Crippen LogP contribution >= 0.6 is 0 Å². The number of hydrogen-bond acceptors (Lipinski definition) is 4. The maximum atomic E-state index is 12.6. The Morgan fingerprint density at radius 3 is 2.56 bits per heavy atom. The van der Waals surface area contributed by atoms with E-state index in [-0.39, 0.29) is 17.7 Å². The fraction of sp³-hybridized carbons (Fsp3) is 0.143. The Morgan fingerprint density at radius 1 is 1.00 bits per heavy atom. The van der Waals surface area contributed by atoms with Crippen molar-refractivity contribution < 1.29 is 4.79 Å². The van der Waals surface area contributed by atoms with Gasteiger partial charge in [-0.1, -0.05) is 24.3 Å². The number of imidazole rings is 1. The lowest BCUT2D eigenvalue weighted by Crippen LogP contribution is -2.14. The number of aromatic nitrogens is 4. The molecular formula is C21H17N5O. The molecule has 5 rings (SSSR count). The Bertz CT molecular complexity index is 1070. The van der Waals surface area contributed by atoms with Crippen LogP contribution < -0.4 is 5.32 Å². The highest BCUT2D eigenvalue weighted by Gasteiger charge is 2.46. The molecule has 27 heavy (non-hydrogen) atoms. The van der Waals surface area contributed by atoms with Crippen molar-refractivity contribution in [2.24, 2.45) is 5.92 Å². The van der Waals surface area contributed by atoms with Crippen molar-refractivity contribution in [2.45, 2.75) is 12.3 Å². The maximum absolute atomic E-state index is 12.6. The lowest BCUT2D eigenvalue weighted by atomic mass is 10.1. The van der Waals surface area contributed by atoms with Crippen molar-refractivity contribution in [2.75, 3.05) is 5.32 Å². The van der Waals surface area contributed by atoms with E-state index in [4.69, 9.17) is 0 Å². The highest BCUT2D eigenvalue weighted by atomic mass is 16.2. The molecule has 0 bridgehead atoms. The molecule has 0 spiro atoms. The summed E-state index contributed by atoms with van der Waals surface area (Å²) in [4.78, 5) is 28.5. The van der Waals surface area contributed by atoms with Gasteiger partial charge in [-0.15, -0.1) is 0 Å². The number of carbonyl (C=O) groups excluding carboxylic acids is 1. The number of benzene rings is 2. The van der Waals surface area contributed by atoms with E-state index < -0.39 is 0 Å². The molecule has 2 atom stereocenters. The van der Waals surface area contributed by atoms with Gasteiger partial charge in [-0.3, -0.25) is 4.79 Å². The zero-order valence-electron chi connectivity index (χ0n) is 14.5. The second kappa shape index (κ2) is 6.32. The predicted octanol–water partition coefficient (Wildman–Crippen LogP) is 3.76. The van der Waals surface area contributed by atoms with Crippen LogP contribution in [-0.2, 0) is 4.79 Å². The summed E-state index contributed by atoms with van der Waals surface area (Å²) in [7, 11) is 0. The lowest BCUT2D eigenvalue weighted by molar-refractivity contribution is -0.117. The molecule has 0 saturated heterocycles. The maximum Gasteiger partial charge on any atom is 0.228 e. The molecule has 2 heterocycles. The fourth-order valence-electron chi connectivity index (χ4n) is 3.36. The highest BCUT2D eigenvalue weighted by molar-refractivity contribution is 5.95. The van der Waals surface area contributed by atoms with Gasteiger partial charge in [0.05, 0.1) is 11.0 Å². The van der Waals surface area contributed by atoms with Gasteiger partial charge in [-0.05, 0) is 36.2 Å². The van der Waals surface area contributed by atoms with Gasteiger partial charge in [0, 0.05) is 35.5 Å². The molecule has 1 fully saturated rings. The van der Waals surface area contributed by atoms with Gasteiger partial charge in [0.1, 0.15) is 12.2 Å². The van der Waals surface area contributed by atoms with Crippen LogP contribution in [0.1, 0.15) is 18.2 Å². The van der Waals surface area contributed by atoms with Crippen molar-refractivity contribution in [1.29, 1.82) is 0 Å². The summed E-state index contributed by atoms with van der Waals surface area (Å²) in [6.45, 7) is 0. The molecular weight excluding hydrogens is 338 g/mol. The molecule has 6 nitrogen and oxygen atoms in total. The normalized spacial score (nSPS) is 18.4. The number of amides is 1. The largest absolute Gasteiger partial charge is 0.342 e. The quantitative estimate of drug-likeness (QED) is 0.584. The molecule has 2 aromatic heterocycles. The van der Waals surface area contributed by atoms with Crippen LogP contribution in [0.15, 0.2) is 67.3 Å². The van der Waals surface area contributed by atoms with E-state index in [0.717, 1.165) is 40.1 Å². The van der Waals surface area contributed by atoms with Gasteiger partial charge in [0.15, 0.2) is 0 Å². The first-order valence-electron chi connectivity index (χ1n) is 8.89. The van der Waals surface area contributed by atoms with Gasteiger partial charge in [-0.25, -0.2) is 15.0 Å². The Morgan fingerprint density at radius 2 is 1.78 bits per heavy atom. The molecule has 4 aromatic rings. The van der Waals surface area contributed by atoms with Crippen molar-refractivity contribution >= 4 is 22.6 Å². The number of para-hydroxylation sites is 2. The molecule has 1 saturated carbocycles. The van der Waals surface area contributed by atoms with E-state index >= 15 is 0 Å². The lowest BCUT2D eigenvalue weighted by Gasteiger charge is -2.06. The van der Waals surface area contributed by atoms with Crippen molar-refractivity contribution in [3.63, 3.8) is 0 Å². The standard InChI is InChI=1S/C21H17N5O/c27-21(17-9-16(17)20-25-18-3-1-2-4-19(18)26-20)24-15-7-5-13(6-8-15)14-10-22-12-23-11-14/h1-8,10-12,16-17H,9H2,(H,24,27)(H,25,26)/t16-,17-/m1/s1. The predicted molar refractivity (Wildman–Crippen MR) is 103 cm³/mol. The first-order chi connectivity index (χ1) is 13.3. The molecule has 132 valence electrons. The Labute approximate surface area is 155 Å². The zero-order chi connectivity index (χ0) is 18.2. The van der Waals surface area contributed by atoms with E-state index in [0.29, 0.717) is 0 Å². The van der Waals surface area contributed by atoms with E-state index in [1.54, 1.807) is 12.4 Å². The summed E-state index contributed by atoms with van der Waals surface area (Å²) in [5.41, 5.74) is 4.71. The number of aromatic amines is 1.